The highest BCUT2D eigenvalue weighted by molar-refractivity contribution is 5.59. The van der Waals surface area contributed by atoms with Crippen LogP contribution in [-0.4, -0.2) is 30.8 Å². The van der Waals surface area contributed by atoms with E-state index in [0.717, 1.165) is 44.3 Å². The van der Waals surface area contributed by atoms with Gasteiger partial charge in [0.1, 0.15) is 6.29 Å². The summed E-state index contributed by atoms with van der Waals surface area (Å²) < 4.78 is 0. The Morgan fingerprint density at radius 3 is 2.00 bits per heavy atom. The molecular weight excluding hydrogens is 186 g/mol. The van der Waals surface area contributed by atoms with Gasteiger partial charge in [0.15, 0.2) is 0 Å². The van der Waals surface area contributed by atoms with Gasteiger partial charge in [0.05, 0.1) is 0 Å². The molecule has 0 aromatic heterocycles. The topological polar surface area (TPSA) is 20.3 Å². The molecular formula is C13H25NO. The van der Waals surface area contributed by atoms with E-state index >= 15 is 0 Å². The zero-order chi connectivity index (χ0) is 11.5. The van der Waals surface area contributed by atoms with Crippen molar-refractivity contribution < 1.29 is 4.79 Å². The average Bonchev–Trinajstić information content (AvgIpc) is 2.55. The molecule has 1 saturated heterocycles. The van der Waals surface area contributed by atoms with Gasteiger partial charge in [-0.1, -0.05) is 27.7 Å². The third-order valence-electron chi connectivity index (χ3n) is 4.26. The quantitative estimate of drug-likeness (QED) is 0.651. The number of hydrogen-bond acceptors (Lipinski definition) is 2. The van der Waals surface area contributed by atoms with Gasteiger partial charge in [-0.25, -0.2) is 0 Å². The predicted molar refractivity (Wildman–Crippen MR) is 63.8 cm³/mol. The summed E-state index contributed by atoms with van der Waals surface area (Å²) in [6, 6.07) is 0. The van der Waals surface area contributed by atoms with Crippen molar-refractivity contribution in [2.45, 2.75) is 40.5 Å². The molecule has 0 radical (unpaired) electrons. The Hall–Kier alpha value is -0.370. The van der Waals surface area contributed by atoms with E-state index < -0.39 is 0 Å². The number of carbonyl (C=O) groups excluding carboxylic acids is 1. The van der Waals surface area contributed by atoms with Gasteiger partial charge < -0.3 is 9.69 Å². The number of rotatable bonds is 5. The summed E-state index contributed by atoms with van der Waals surface area (Å²) in [5, 5.41) is 0. The molecule has 2 heteroatoms. The number of likely N-dealkylation sites (tertiary alicyclic amines) is 1. The molecule has 2 nitrogen and oxygen atoms in total. The molecule has 0 aliphatic carbocycles. The van der Waals surface area contributed by atoms with Crippen LogP contribution in [0.4, 0.5) is 0 Å². The molecule has 15 heavy (non-hydrogen) atoms. The molecule has 0 bridgehead atoms. The lowest BCUT2D eigenvalue weighted by atomic mass is 9.83. The van der Waals surface area contributed by atoms with Gasteiger partial charge in [0.25, 0.3) is 0 Å². The Morgan fingerprint density at radius 2 is 1.67 bits per heavy atom. The molecule has 0 aromatic carbocycles. The Balaban J connectivity index is 2.56. The highest BCUT2D eigenvalue weighted by Gasteiger charge is 2.33. The molecule has 2 atom stereocenters. The van der Waals surface area contributed by atoms with Gasteiger partial charge in [-0.15, -0.1) is 0 Å². The molecule has 2 unspecified atom stereocenters. The first-order valence-electron chi connectivity index (χ1n) is 6.25. The standard InChI is InChI=1S/C13H25NO/c1-5-13(6-2,10-15)9-14-7-11(3)12(4)8-14/h10-12H,5-9H2,1-4H3. The highest BCUT2D eigenvalue weighted by atomic mass is 16.1. The molecule has 0 amide bonds. The van der Waals surface area contributed by atoms with Crippen molar-refractivity contribution in [3.8, 4) is 0 Å². The maximum absolute atomic E-state index is 11.2. The molecule has 1 aliphatic heterocycles. The van der Waals surface area contributed by atoms with Crippen LogP contribution in [-0.2, 0) is 4.79 Å². The number of carbonyl (C=O) groups is 1. The monoisotopic (exact) mass is 211 g/mol. The normalized spacial score (nSPS) is 28.3. The smallest absolute Gasteiger partial charge is 0.127 e. The minimum absolute atomic E-state index is 0.0935. The summed E-state index contributed by atoms with van der Waals surface area (Å²) in [7, 11) is 0. The minimum Gasteiger partial charge on any atom is -0.303 e. The summed E-state index contributed by atoms with van der Waals surface area (Å²) >= 11 is 0. The Labute approximate surface area is 94.0 Å². The lowest BCUT2D eigenvalue weighted by molar-refractivity contribution is -0.117. The molecule has 1 heterocycles. The van der Waals surface area contributed by atoms with Crippen molar-refractivity contribution in [3.63, 3.8) is 0 Å². The number of aldehydes is 1. The SMILES string of the molecule is CCC(C=O)(CC)CN1CC(C)C(C)C1. The van der Waals surface area contributed by atoms with E-state index in [0.29, 0.717) is 0 Å². The van der Waals surface area contributed by atoms with Gasteiger partial charge in [0.2, 0.25) is 0 Å². The largest absolute Gasteiger partial charge is 0.303 e. The fourth-order valence-electron chi connectivity index (χ4n) is 2.50. The fourth-order valence-corrected chi connectivity index (χ4v) is 2.50. The average molecular weight is 211 g/mol. The predicted octanol–water partition coefficient (Wildman–Crippen LogP) is 2.58. The third-order valence-corrected chi connectivity index (χ3v) is 4.26. The van der Waals surface area contributed by atoms with Crippen LogP contribution in [0.25, 0.3) is 0 Å². The molecule has 0 spiro atoms. The first kappa shape index (κ1) is 12.7. The summed E-state index contributed by atoms with van der Waals surface area (Å²) in [5.74, 6) is 1.56. The van der Waals surface area contributed by atoms with Crippen molar-refractivity contribution >= 4 is 6.29 Å². The molecule has 0 N–H and O–H groups in total. The van der Waals surface area contributed by atoms with Gasteiger partial charge in [-0.3, -0.25) is 0 Å². The van der Waals surface area contributed by atoms with Crippen molar-refractivity contribution in [2.24, 2.45) is 17.3 Å². The van der Waals surface area contributed by atoms with Crippen LogP contribution in [0.1, 0.15) is 40.5 Å². The first-order chi connectivity index (χ1) is 7.06. The second-order valence-electron chi connectivity index (χ2n) is 5.34. The molecule has 0 saturated carbocycles. The van der Waals surface area contributed by atoms with E-state index in [2.05, 4.69) is 32.6 Å². The Morgan fingerprint density at radius 1 is 1.20 bits per heavy atom. The molecule has 1 rings (SSSR count). The lowest BCUT2D eigenvalue weighted by Gasteiger charge is -2.30. The first-order valence-corrected chi connectivity index (χ1v) is 6.25. The van der Waals surface area contributed by atoms with Crippen molar-refractivity contribution in [1.82, 2.24) is 4.90 Å². The zero-order valence-electron chi connectivity index (χ0n) is 10.6. The second kappa shape index (κ2) is 5.11. The summed E-state index contributed by atoms with van der Waals surface area (Å²) in [5.41, 5.74) is -0.0935. The number of nitrogens with zero attached hydrogens (tertiary/aromatic N) is 1. The van der Waals surface area contributed by atoms with E-state index in [9.17, 15) is 4.79 Å². The zero-order valence-corrected chi connectivity index (χ0v) is 10.6. The van der Waals surface area contributed by atoms with Gasteiger partial charge in [0, 0.05) is 25.0 Å². The summed E-state index contributed by atoms with van der Waals surface area (Å²) in [6.45, 7) is 12.2. The fraction of sp³-hybridized carbons (Fsp3) is 0.923. The van der Waals surface area contributed by atoms with E-state index in [4.69, 9.17) is 0 Å². The maximum atomic E-state index is 11.2. The summed E-state index contributed by atoms with van der Waals surface area (Å²) in [6.07, 6.45) is 3.11. The number of hydrogen-bond donors (Lipinski definition) is 0. The van der Waals surface area contributed by atoms with Crippen LogP contribution in [0.5, 0.6) is 0 Å². The Bertz CT molecular complexity index is 201. The van der Waals surface area contributed by atoms with Crippen LogP contribution >= 0.6 is 0 Å². The molecule has 88 valence electrons. The summed E-state index contributed by atoms with van der Waals surface area (Å²) in [4.78, 5) is 13.7. The molecule has 0 aromatic rings. The van der Waals surface area contributed by atoms with Crippen LogP contribution in [0.15, 0.2) is 0 Å². The lowest BCUT2D eigenvalue weighted by Crippen LogP contribution is -2.37. The maximum Gasteiger partial charge on any atom is 0.127 e. The van der Waals surface area contributed by atoms with E-state index in [-0.39, 0.29) is 5.41 Å². The van der Waals surface area contributed by atoms with Crippen molar-refractivity contribution in [2.75, 3.05) is 19.6 Å². The van der Waals surface area contributed by atoms with Crippen LogP contribution in [0.2, 0.25) is 0 Å². The molecule has 1 aliphatic rings. The Kier molecular flexibility index (Phi) is 4.32. The van der Waals surface area contributed by atoms with Gasteiger partial charge in [-0.2, -0.15) is 0 Å². The van der Waals surface area contributed by atoms with Crippen molar-refractivity contribution in [1.29, 1.82) is 0 Å². The third kappa shape index (κ3) is 2.81. The van der Waals surface area contributed by atoms with Gasteiger partial charge in [-0.05, 0) is 24.7 Å². The van der Waals surface area contributed by atoms with E-state index in [1.165, 1.54) is 6.29 Å². The van der Waals surface area contributed by atoms with Gasteiger partial charge >= 0.3 is 0 Å². The van der Waals surface area contributed by atoms with E-state index in [1.807, 2.05) is 0 Å². The molecule has 1 fully saturated rings. The minimum atomic E-state index is -0.0935. The van der Waals surface area contributed by atoms with Crippen LogP contribution in [0.3, 0.4) is 0 Å². The second-order valence-corrected chi connectivity index (χ2v) is 5.34. The van der Waals surface area contributed by atoms with Crippen LogP contribution in [0, 0.1) is 17.3 Å². The van der Waals surface area contributed by atoms with Crippen molar-refractivity contribution in [3.05, 3.63) is 0 Å². The van der Waals surface area contributed by atoms with E-state index in [1.54, 1.807) is 0 Å². The highest BCUT2D eigenvalue weighted by Crippen LogP contribution is 2.29. The van der Waals surface area contributed by atoms with Crippen LogP contribution < -0.4 is 0 Å².